The lowest BCUT2D eigenvalue weighted by Crippen LogP contribution is -2.35. The van der Waals surface area contributed by atoms with Crippen molar-refractivity contribution in [3.8, 4) is 0 Å². The molecule has 0 heterocycles. The summed E-state index contributed by atoms with van der Waals surface area (Å²) in [4.78, 5) is 50.2. The average Bonchev–Trinajstić information content (AvgIpc) is 2.67. The number of hydrogen-bond donors (Lipinski definition) is 0. The first kappa shape index (κ1) is 22.0. The van der Waals surface area contributed by atoms with Gasteiger partial charge in [-0.2, -0.15) is 0 Å². The highest BCUT2D eigenvalue weighted by Gasteiger charge is 2.25. The van der Waals surface area contributed by atoms with Crippen LogP contribution < -0.4 is 4.90 Å². The van der Waals surface area contributed by atoms with Gasteiger partial charge in [-0.15, -0.1) is 0 Å². The first-order chi connectivity index (χ1) is 13.6. The van der Waals surface area contributed by atoms with Gasteiger partial charge in [0.25, 0.3) is 5.91 Å². The van der Waals surface area contributed by atoms with E-state index in [9.17, 15) is 19.2 Å². The molecule has 0 atom stereocenters. The molecule has 2 rings (SSSR count). The highest BCUT2D eigenvalue weighted by atomic mass is 16.5. The number of ether oxygens (including phenoxy) is 1. The molecule has 29 heavy (non-hydrogen) atoms. The maximum atomic E-state index is 12.9. The Morgan fingerprint density at radius 2 is 1.31 bits per heavy atom. The van der Waals surface area contributed by atoms with Crippen LogP contribution in [0.5, 0.6) is 0 Å². The zero-order valence-electron chi connectivity index (χ0n) is 17.3. The number of amides is 2. The van der Waals surface area contributed by atoms with Crippen molar-refractivity contribution in [3.05, 3.63) is 65.2 Å². The summed E-state index contributed by atoms with van der Waals surface area (Å²) in [5.41, 5.74) is 0.918. The van der Waals surface area contributed by atoms with Gasteiger partial charge in [-0.25, -0.2) is 9.69 Å². The fraction of sp³-hybridized carbons (Fsp3) is 0.304. The van der Waals surface area contributed by atoms with Gasteiger partial charge in [-0.1, -0.05) is 32.9 Å². The van der Waals surface area contributed by atoms with Crippen LogP contribution in [-0.4, -0.2) is 30.2 Å². The molecule has 2 aromatic carbocycles. The van der Waals surface area contributed by atoms with E-state index >= 15 is 0 Å². The third kappa shape index (κ3) is 5.16. The quantitative estimate of drug-likeness (QED) is 0.557. The number of imide groups is 1. The molecule has 0 aromatic heterocycles. The van der Waals surface area contributed by atoms with E-state index in [1.54, 1.807) is 19.1 Å². The molecule has 0 aliphatic carbocycles. The molecule has 2 amide bonds. The smallest absolute Gasteiger partial charge is 0.338 e. The van der Waals surface area contributed by atoms with Gasteiger partial charge in [0.1, 0.15) is 0 Å². The highest BCUT2D eigenvalue weighted by molar-refractivity contribution is 6.20. The number of carbonyl (C=O) groups is 4. The maximum Gasteiger partial charge on any atom is 0.338 e. The lowest BCUT2D eigenvalue weighted by atomic mass is 9.86. The minimum absolute atomic E-state index is 0.0329. The van der Waals surface area contributed by atoms with Crippen LogP contribution in [0.2, 0.25) is 0 Å². The number of Topliss-reactive ketones (excluding diaryl/α,β-unsaturated/α-hetero) is 1. The van der Waals surface area contributed by atoms with Crippen LogP contribution in [0.25, 0.3) is 0 Å². The Bertz CT molecular complexity index is 921. The summed E-state index contributed by atoms with van der Waals surface area (Å²) in [6.45, 7) is 8.73. The number of nitrogens with zero attached hydrogens (tertiary/aromatic N) is 1. The topological polar surface area (TPSA) is 80.8 Å². The predicted molar refractivity (Wildman–Crippen MR) is 110 cm³/mol. The second-order valence-corrected chi connectivity index (χ2v) is 7.58. The van der Waals surface area contributed by atoms with Gasteiger partial charge in [-0.05, 0) is 43.3 Å². The van der Waals surface area contributed by atoms with Crippen LogP contribution in [0.3, 0.4) is 0 Å². The van der Waals surface area contributed by atoms with E-state index in [0.717, 1.165) is 4.90 Å². The molecule has 0 unspecified atom stereocenters. The Morgan fingerprint density at radius 1 is 0.828 bits per heavy atom. The molecular formula is C23H25NO5. The van der Waals surface area contributed by atoms with Gasteiger partial charge in [0.05, 0.1) is 17.9 Å². The van der Waals surface area contributed by atoms with E-state index in [1.165, 1.54) is 43.3 Å². The molecule has 2 aromatic rings. The number of ketones is 1. The minimum atomic E-state index is -0.530. The lowest BCUT2D eigenvalue weighted by molar-refractivity contribution is -0.115. The lowest BCUT2D eigenvalue weighted by Gasteiger charge is -2.20. The molecular weight excluding hydrogens is 370 g/mol. The number of esters is 1. The monoisotopic (exact) mass is 395 g/mol. The zero-order valence-corrected chi connectivity index (χ0v) is 17.3. The molecule has 0 N–H and O–H groups in total. The Kier molecular flexibility index (Phi) is 6.69. The normalized spacial score (nSPS) is 10.9. The summed E-state index contributed by atoms with van der Waals surface area (Å²) < 4.78 is 4.93. The summed E-state index contributed by atoms with van der Waals surface area (Å²) in [5, 5.41) is 0. The molecule has 0 saturated carbocycles. The standard InChI is InChI=1S/C23H25NO5/c1-6-29-22(28)18-11-13-19(14-12-18)24(15(2)25)21(27)17-9-7-16(8-10-17)20(26)23(3,4)5/h7-14H,6H2,1-5H3. The molecule has 0 saturated heterocycles. The average molecular weight is 395 g/mol. The van der Waals surface area contributed by atoms with Crippen molar-refractivity contribution in [2.45, 2.75) is 34.6 Å². The largest absolute Gasteiger partial charge is 0.462 e. The SMILES string of the molecule is CCOC(=O)c1ccc(N(C(C)=O)C(=O)c2ccc(C(=O)C(C)(C)C)cc2)cc1. The Hall–Kier alpha value is -3.28. The van der Waals surface area contributed by atoms with Crippen molar-refractivity contribution in [2.75, 3.05) is 11.5 Å². The molecule has 0 radical (unpaired) electrons. The van der Waals surface area contributed by atoms with Crippen LogP contribution >= 0.6 is 0 Å². The van der Waals surface area contributed by atoms with E-state index in [1.807, 2.05) is 20.8 Å². The van der Waals surface area contributed by atoms with Gasteiger partial charge in [0, 0.05) is 23.5 Å². The van der Waals surface area contributed by atoms with Crippen LogP contribution in [0, 0.1) is 5.41 Å². The fourth-order valence-corrected chi connectivity index (χ4v) is 2.73. The van der Waals surface area contributed by atoms with Crippen LogP contribution in [0.4, 0.5) is 5.69 Å². The van der Waals surface area contributed by atoms with Crippen molar-refractivity contribution >= 4 is 29.3 Å². The van der Waals surface area contributed by atoms with Gasteiger partial charge in [0.15, 0.2) is 5.78 Å². The second kappa shape index (κ2) is 8.82. The first-order valence-corrected chi connectivity index (χ1v) is 9.33. The maximum absolute atomic E-state index is 12.9. The third-order valence-electron chi connectivity index (χ3n) is 4.23. The molecule has 6 heteroatoms. The molecule has 0 fully saturated rings. The molecule has 0 bridgehead atoms. The van der Waals surface area contributed by atoms with E-state index in [2.05, 4.69) is 0 Å². The summed E-state index contributed by atoms with van der Waals surface area (Å²) in [6.07, 6.45) is 0. The Morgan fingerprint density at radius 3 is 1.76 bits per heavy atom. The first-order valence-electron chi connectivity index (χ1n) is 9.33. The number of carbonyl (C=O) groups excluding carboxylic acids is 4. The van der Waals surface area contributed by atoms with Gasteiger partial charge >= 0.3 is 5.97 Å². The van der Waals surface area contributed by atoms with Gasteiger partial charge < -0.3 is 4.74 Å². The highest BCUT2D eigenvalue weighted by Crippen LogP contribution is 2.23. The summed E-state index contributed by atoms with van der Waals surface area (Å²) in [7, 11) is 0. The van der Waals surface area contributed by atoms with Gasteiger partial charge in [0.2, 0.25) is 5.91 Å². The van der Waals surface area contributed by atoms with Crippen molar-refractivity contribution in [3.63, 3.8) is 0 Å². The van der Waals surface area contributed by atoms with Crippen molar-refractivity contribution in [1.82, 2.24) is 0 Å². The molecule has 6 nitrogen and oxygen atoms in total. The molecule has 0 aliphatic heterocycles. The van der Waals surface area contributed by atoms with E-state index in [-0.39, 0.29) is 18.0 Å². The van der Waals surface area contributed by atoms with Crippen LogP contribution in [-0.2, 0) is 9.53 Å². The Balaban J connectivity index is 2.29. The second-order valence-electron chi connectivity index (χ2n) is 7.58. The van der Waals surface area contributed by atoms with Crippen LogP contribution in [0.15, 0.2) is 48.5 Å². The summed E-state index contributed by atoms with van der Waals surface area (Å²) in [5.74, 6) is -1.49. The van der Waals surface area contributed by atoms with E-state index < -0.39 is 23.2 Å². The minimum Gasteiger partial charge on any atom is -0.462 e. The number of hydrogen-bond acceptors (Lipinski definition) is 5. The van der Waals surface area contributed by atoms with E-state index in [4.69, 9.17) is 4.74 Å². The van der Waals surface area contributed by atoms with Crippen molar-refractivity contribution < 1.29 is 23.9 Å². The molecule has 0 spiro atoms. The summed E-state index contributed by atoms with van der Waals surface area (Å²) in [6, 6.07) is 12.3. The fourth-order valence-electron chi connectivity index (χ4n) is 2.73. The Labute approximate surface area is 170 Å². The number of anilines is 1. The predicted octanol–water partition coefficient (Wildman–Crippen LogP) is 4.29. The number of benzene rings is 2. The molecule has 0 aliphatic rings. The number of rotatable bonds is 5. The van der Waals surface area contributed by atoms with E-state index in [0.29, 0.717) is 16.8 Å². The zero-order chi connectivity index (χ0) is 21.8. The van der Waals surface area contributed by atoms with Gasteiger partial charge in [-0.3, -0.25) is 14.4 Å². The van der Waals surface area contributed by atoms with Crippen molar-refractivity contribution in [2.24, 2.45) is 5.41 Å². The van der Waals surface area contributed by atoms with Crippen LogP contribution in [0.1, 0.15) is 65.7 Å². The summed E-state index contributed by atoms with van der Waals surface area (Å²) >= 11 is 0. The third-order valence-corrected chi connectivity index (χ3v) is 4.23. The molecule has 152 valence electrons. The van der Waals surface area contributed by atoms with Crippen molar-refractivity contribution in [1.29, 1.82) is 0 Å².